The number of benzene rings is 2. The molecule has 214 valence electrons. The Labute approximate surface area is 227 Å². The van der Waals surface area contributed by atoms with Crippen LogP contribution >= 0.6 is 27.5 Å². The summed E-state index contributed by atoms with van der Waals surface area (Å²) < 4.78 is 134. The summed E-state index contributed by atoms with van der Waals surface area (Å²) in [4.78, 5) is 23.7. The lowest BCUT2D eigenvalue weighted by molar-refractivity contribution is -0.154. The number of carbonyl (C=O) groups excluding carboxylic acids is 2. The van der Waals surface area contributed by atoms with Gasteiger partial charge in [0.15, 0.2) is 0 Å². The highest BCUT2D eigenvalue weighted by atomic mass is 79.9. The van der Waals surface area contributed by atoms with Crippen molar-refractivity contribution in [3.05, 3.63) is 74.2 Å². The molecule has 0 aliphatic heterocycles. The number of alkyl halides is 9. The molecule has 0 heterocycles. The van der Waals surface area contributed by atoms with E-state index in [0.717, 1.165) is 25.1 Å². The highest BCUT2D eigenvalue weighted by Crippen LogP contribution is 2.41. The van der Waals surface area contributed by atoms with Crippen LogP contribution in [0.15, 0.2) is 46.9 Å². The molecule has 0 saturated carbocycles. The predicted octanol–water partition coefficient (Wildman–Crippen LogP) is 7.92. The van der Waals surface area contributed by atoms with E-state index in [-0.39, 0.29) is 21.6 Å². The third kappa shape index (κ3) is 9.41. The number of allylic oxidation sites excluding steroid dienone is 1. The van der Waals surface area contributed by atoms with Crippen molar-refractivity contribution >= 4 is 45.2 Å². The molecule has 4 nitrogen and oxygen atoms in total. The molecule has 2 aromatic carbocycles. The second-order valence-corrected chi connectivity index (χ2v) is 9.28. The summed E-state index contributed by atoms with van der Waals surface area (Å²) in [5.41, 5.74) is -4.27. The standard InChI is InChI=1S/C23H16BrClF10N2O2/c1-10(36-19(38)9-21(27,28)29)37-20(39)13-4-2-12(6-15(13)23(33,34)35)18(26)8-14(22(30,31)32)11-3-5-17(25)16(24)7-11/h2-8,10,14H,9H2,1H3,(H,36,38)(H,37,39)/b18-8-. The molecule has 39 heavy (non-hydrogen) atoms. The highest BCUT2D eigenvalue weighted by Gasteiger charge is 2.41. The summed E-state index contributed by atoms with van der Waals surface area (Å²) in [6.45, 7) is 0.975. The molecule has 0 aromatic heterocycles. The SMILES string of the molecule is CC(NC(=O)CC(F)(F)F)NC(=O)c1ccc(/C(F)=C/C(c2ccc(Cl)c(Br)c2)C(F)(F)F)cc1C(F)(F)F. The molecule has 2 atom stereocenters. The van der Waals surface area contributed by atoms with E-state index in [9.17, 15) is 53.5 Å². The molecule has 0 bridgehead atoms. The topological polar surface area (TPSA) is 58.2 Å². The normalized spacial score (nSPS) is 14.5. The third-order valence-electron chi connectivity index (χ3n) is 4.90. The van der Waals surface area contributed by atoms with Crippen LogP contribution in [0.25, 0.3) is 5.83 Å². The van der Waals surface area contributed by atoms with Crippen molar-refractivity contribution in [3.8, 4) is 0 Å². The molecule has 2 aromatic rings. The Balaban J connectivity index is 2.40. The summed E-state index contributed by atoms with van der Waals surface area (Å²) in [5, 5.41) is 3.63. The maximum absolute atomic E-state index is 14.9. The summed E-state index contributed by atoms with van der Waals surface area (Å²) >= 11 is 8.70. The smallest absolute Gasteiger partial charge is 0.336 e. The van der Waals surface area contributed by atoms with Crippen molar-refractivity contribution in [3.63, 3.8) is 0 Å². The second-order valence-electron chi connectivity index (χ2n) is 8.02. The van der Waals surface area contributed by atoms with E-state index in [4.69, 9.17) is 11.6 Å². The van der Waals surface area contributed by atoms with Gasteiger partial charge in [-0.3, -0.25) is 9.59 Å². The summed E-state index contributed by atoms with van der Waals surface area (Å²) in [5.74, 6) is -7.34. The van der Waals surface area contributed by atoms with Gasteiger partial charge in [-0.1, -0.05) is 23.7 Å². The van der Waals surface area contributed by atoms with Gasteiger partial charge in [0.2, 0.25) is 5.91 Å². The van der Waals surface area contributed by atoms with Crippen molar-refractivity contribution in [1.29, 1.82) is 0 Å². The molecule has 16 heteroatoms. The molecule has 2 N–H and O–H groups in total. The van der Waals surface area contributed by atoms with Crippen LogP contribution in [-0.4, -0.2) is 30.3 Å². The van der Waals surface area contributed by atoms with Gasteiger partial charge in [-0.15, -0.1) is 0 Å². The summed E-state index contributed by atoms with van der Waals surface area (Å²) in [7, 11) is 0. The first-order chi connectivity index (χ1) is 17.7. The Bertz CT molecular complexity index is 1260. The Kier molecular flexibility index (Phi) is 10.1. The fourth-order valence-electron chi connectivity index (χ4n) is 3.24. The number of rotatable bonds is 7. The minimum absolute atomic E-state index is 0.0575. The molecule has 0 fully saturated rings. The maximum Gasteiger partial charge on any atom is 0.417 e. The quantitative estimate of drug-likeness (QED) is 0.235. The average Bonchev–Trinajstić information content (AvgIpc) is 2.76. The highest BCUT2D eigenvalue weighted by molar-refractivity contribution is 9.10. The lowest BCUT2D eigenvalue weighted by atomic mass is 9.95. The molecule has 0 saturated heterocycles. The zero-order valence-corrected chi connectivity index (χ0v) is 21.6. The number of halogens is 12. The first kappa shape index (κ1) is 32.4. The van der Waals surface area contributed by atoms with E-state index >= 15 is 0 Å². The van der Waals surface area contributed by atoms with Gasteiger partial charge in [-0.2, -0.15) is 39.5 Å². The Morgan fingerprint density at radius 2 is 1.59 bits per heavy atom. The van der Waals surface area contributed by atoms with Gasteiger partial charge >= 0.3 is 18.5 Å². The molecule has 0 aliphatic rings. The number of carbonyl (C=O) groups is 2. The van der Waals surface area contributed by atoms with Crippen LogP contribution in [0.3, 0.4) is 0 Å². The van der Waals surface area contributed by atoms with E-state index < -0.39 is 76.9 Å². The molecule has 2 rings (SSSR count). The largest absolute Gasteiger partial charge is 0.417 e. The van der Waals surface area contributed by atoms with Crippen molar-refractivity contribution in [2.45, 2.75) is 44.0 Å². The van der Waals surface area contributed by atoms with E-state index in [0.29, 0.717) is 12.1 Å². The van der Waals surface area contributed by atoms with Gasteiger partial charge in [0.05, 0.1) is 22.3 Å². The second kappa shape index (κ2) is 12.1. The summed E-state index contributed by atoms with van der Waals surface area (Å²) in [6.07, 6.45) is -18.6. The van der Waals surface area contributed by atoms with E-state index in [1.165, 1.54) is 0 Å². The number of hydrogen-bond donors (Lipinski definition) is 2. The van der Waals surface area contributed by atoms with Gasteiger partial charge in [0.1, 0.15) is 18.2 Å². The van der Waals surface area contributed by atoms with Crippen LogP contribution in [-0.2, 0) is 11.0 Å². The molecule has 2 unspecified atom stereocenters. The molecule has 0 radical (unpaired) electrons. The van der Waals surface area contributed by atoms with Crippen LogP contribution in [0.1, 0.15) is 46.3 Å². The molecular formula is C23H16BrClF10N2O2. The van der Waals surface area contributed by atoms with Gasteiger partial charge in [-0.05, 0) is 58.8 Å². The number of hydrogen-bond acceptors (Lipinski definition) is 2. The minimum atomic E-state index is -5.30. The van der Waals surface area contributed by atoms with E-state index in [1.807, 2.05) is 5.32 Å². The molecule has 0 aliphatic carbocycles. The fourth-order valence-corrected chi connectivity index (χ4v) is 3.75. The lowest BCUT2D eigenvalue weighted by Gasteiger charge is -2.20. The van der Waals surface area contributed by atoms with Crippen molar-refractivity contribution in [1.82, 2.24) is 10.6 Å². The molecule has 2 amide bonds. The van der Waals surface area contributed by atoms with Gasteiger partial charge in [0.25, 0.3) is 5.91 Å². The van der Waals surface area contributed by atoms with Crippen molar-refractivity contribution in [2.75, 3.05) is 0 Å². The Hall–Kier alpha value is -2.81. The van der Waals surface area contributed by atoms with Crippen molar-refractivity contribution < 1.29 is 53.5 Å². The van der Waals surface area contributed by atoms with Crippen molar-refractivity contribution in [2.24, 2.45) is 0 Å². The Morgan fingerprint density at radius 3 is 2.10 bits per heavy atom. The first-order valence-corrected chi connectivity index (χ1v) is 11.6. The van der Waals surface area contributed by atoms with E-state index in [1.54, 1.807) is 5.32 Å². The van der Waals surface area contributed by atoms with E-state index in [2.05, 4.69) is 15.9 Å². The van der Waals surface area contributed by atoms with Crippen LogP contribution in [0.4, 0.5) is 43.9 Å². The predicted molar refractivity (Wildman–Crippen MR) is 124 cm³/mol. The molecule has 0 spiro atoms. The zero-order chi connectivity index (χ0) is 29.9. The van der Waals surface area contributed by atoms with Crippen LogP contribution < -0.4 is 10.6 Å². The number of amides is 2. The fraction of sp³-hybridized carbons (Fsp3) is 0.304. The minimum Gasteiger partial charge on any atom is -0.336 e. The van der Waals surface area contributed by atoms with Gasteiger partial charge in [-0.25, -0.2) is 4.39 Å². The van der Waals surface area contributed by atoms with Crippen LogP contribution in [0, 0.1) is 0 Å². The number of nitrogens with one attached hydrogen (secondary N) is 2. The lowest BCUT2D eigenvalue weighted by Crippen LogP contribution is -2.47. The maximum atomic E-state index is 14.9. The third-order valence-corrected chi connectivity index (χ3v) is 6.11. The van der Waals surface area contributed by atoms with Gasteiger partial charge in [0, 0.05) is 10.0 Å². The molecular weight excluding hydrogens is 642 g/mol. The summed E-state index contributed by atoms with van der Waals surface area (Å²) in [6, 6.07) is 4.23. The average molecular weight is 658 g/mol. The first-order valence-electron chi connectivity index (χ1n) is 10.5. The Morgan fingerprint density at radius 1 is 0.974 bits per heavy atom. The van der Waals surface area contributed by atoms with Crippen LogP contribution in [0.2, 0.25) is 5.02 Å². The van der Waals surface area contributed by atoms with Crippen LogP contribution in [0.5, 0.6) is 0 Å². The zero-order valence-electron chi connectivity index (χ0n) is 19.3. The monoisotopic (exact) mass is 656 g/mol. The van der Waals surface area contributed by atoms with Gasteiger partial charge < -0.3 is 10.6 Å².